The SMILES string of the molecule is CC(O)(CNC(=O)c1ccccc1F)c1ccc(Cl)cc1. The number of hydrogen-bond donors (Lipinski definition) is 2. The van der Waals surface area contributed by atoms with E-state index in [1.807, 2.05) is 0 Å². The molecule has 0 fully saturated rings. The number of rotatable bonds is 4. The van der Waals surface area contributed by atoms with Crippen molar-refractivity contribution in [1.82, 2.24) is 5.32 Å². The minimum atomic E-state index is -1.27. The highest BCUT2D eigenvalue weighted by Gasteiger charge is 2.24. The predicted molar refractivity (Wildman–Crippen MR) is 79.8 cm³/mol. The fraction of sp³-hybridized carbons (Fsp3) is 0.188. The molecule has 2 aromatic rings. The number of halogens is 2. The third kappa shape index (κ3) is 3.80. The summed E-state index contributed by atoms with van der Waals surface area (Å²) in [6.45, 7) is 1.53. The molecule has 110 valence electrons. The van der Waals surface area contributed by atoms with Gasteiger partial charge in [0.25, 0.3) is 5.91 Å². The fourth-order valence-corrected chi connectivity index (χ4v) is 2.03. The van der Waals surface area contributed by atoms with Crippen LogP contribution in [0.15, 0.2) is 48.5 Å². The van der Waals surface area contributed by atoms with Gasteiger partial charge in [0.1, 0.15) is 11.4 Å². The van der Waals surface area contributed by atoms with Crippen LogP contribution in [0.1, 0.15) is 22.8 Å². The summed E-state index contributed by atoms with van der Waals surface area (Å²) in [5.74, 6) is -1.16. The lowest BCUT2D eigenvalue weighted by Crippen LogP contribution is -2.38. The van der Waals surface area contributed by atoms with Gasteiger partial charge < -0.3 is 10.4 Å². The van der Waals surface area contributed by atoms with Crippen molar-refractivity contribution >= 4 is 17.5 Å². The van der Waals surface area contributed by atoms with Gasteiger partial charge in [-0.05, 0) is 36.8 Å². The molecule has 0 saturated heterocycles. The Morgan fingerprint density at radius 3 is 2.48 bits per heavy atom. The lowest BCUT2D eigenvalue weighted by Gasteiger charge is -2.24. The van der Waals surface area contributed by atoms with Crippen LogP contribution < -0.4 is 5.32 Å². The number of benzene rings is 2. The standard InChI is InChI=1S/C16H15ClFNO2/c1-16(21,11-6-8-12(17)9-7-11)10-19-15(20)13-4-2-3-5-14(13)18/h2-9,21H,10H2,1H3,(H,19,20). The second-order valence-corrected chi connectivity index (χ2v) is 5.38. The van der Waals surface area contributed by atoms with Gasteiger partial charge in [-0.2, -0.15) is 0 Å². The molecule has 2 N–H and O–H groups in total. The monoisotopic (exact) mass is 307 g/mol. The van der Waals surface area contributed by atoms with Crippen molar-refractivity contribution in [3.63, 3.8) is 0 Å². The molecule has 21 heavy (non-hydrogen) atoms. The first kappa shape index (κ1) is 15.5. The van der Waals surface area contributed by atoms with Crippen LogP contribution in [0.25, 0.3) is 0 Å². The van der Waals surface area contributed by atoms with E-state index >= 15 is 0 Å². The summed E-state index contributed by atoms with van der Waals surface area (Å²) in [6.07, 6.45) is 0. The molecule has 0 radical (unpaired) electrons. The maximum absolute atomic E-state index is 13.5. The fourth-order valence-electron chi connectivity index (χ4n) is 1.90. The molecule has 0 bridgehead atoms. The molecule has 3 nitrogen and oxygen atoms in total. The Morgan fingerprint density at radius 2 is 1.86 bits per heavy atom. The molecule has 0 saturated carbocycles. The first-order valence-electron chi connectivity index (χ1n) is 6.41. The molecule has 1 atom stereocenters. The maximum Gasteiger partial charge on any atom is 0.254 e. The van der Waals surface area contributed by atoms with Crippen LogP contribution in [0, 0.1) is 5.82 Å². The van der Waals surface area contributed by atoms with E-state index in [9.17, 15) is 14.3 Å². The smallest absolute Gasteiger partial charge is 0.254 e. The third-order valence-electron chi connectivity index (χ3n) is 3.18. The Morgan fingerprint density at radius 1 is 1.24 bits per heavy atom. The van der Waals surface area contributed by atoms with Crippen molar-refractivity contribution < 1.29 is 14.3 Å². The molecule has 0 aromatic heterocycles. The van der Waals surface area contributed by atoms with Gasteiger partial charge in [-0.25, -0.2) is 4.39 Å². The van der Waals surface area contributed by atoms with Crippen molar-refractivity contribution in [3.05, 3.63) is 70.5 Å². The highest BCUT2D eigenvalue weighted by molar-refractivity contribution is 6.30. The van der Waals surface area contributed by atoms with Crippen LogP contribution in [0.4, 0.5) is 4.39 Å². The first-order valence-corrected chi connectivity index (χ1v) is 6.79. The summed E-state index contributed by atoms with van der Waals surface area (Å²) in [6, 6.07) is 12.4. The molecule has 0 aliphatic heterocycles. The summed E-state index contributed by atoms with van der Waals surface area (Å²) < 4.78 is 13.5. The topological polar surface area (TPSA) is 49.3 Å². The second kappa shape index (κ2) is 6.24. The molecular weight excluding hydrogens is 293 g/mol. The van der Waals surface area contributed by atoms with Gasteiger partial charge in [0.2, 0.25) is 0 Å². The molecule has 0 aliphatic carbocycles. The van der Waals surface area contributed by atoms with E-state index < -0.39 is 17.3 Å². The van der Waals surface area contributed by atoms with Gasteiger partial charge in [0, 0.05) is 5.02 Å². The molecule has 0 heterocycles. The Balaban J connectivity index is 2.06. The predicted octanol–water partition coefficient (Wildman–Crippen LogP) is 3.12. The van der Waals surface area contributed by atoms with Gasteiger partial charge in [-0.1, -0.05) is 35.9 Å². The minimum absolute atomic E-state index is 0.0399. The maximum atomic E-state index is 13.5. The molecule has 0 spiro atoms. The Kier molecular flexibility index (Phi) is 4.60. The Hall–Kier alpha value is -1.91. The van der Waals surface area contributed by atoms with E-state index in [-0.39, 0.29) is 12.1 Å². The van der Waals surface area contributed by atoms with E-state index in [2.05, 4.69) is 5.32 Å². The van der Waals surface area contributed by atoms with Crippen LogP contribution >= 0.6 is 11.6 Å². The highest BCUT2D eigenvalue weighted by Crippen LogP contribution is 2.21. The molecule has 1 amide bonds. The largest absolute Gasteiger partial charge is 0.384 e. The molecule has 2 rings (SSSR count). The zero-order chi connectivity index (χ0) is 15.5. The van der Waals surface area contributed by atoms with Crippen molar-refractivity contribution in [3.8, 4) is 0 Å². The number of hydrogen-bond acceptors (Lipinski definition) is 2. The van der Waals surface area contributed by atoms with Gasteiger partial charge in [-0.15, -0.1) is 0 Å². The minimum Gasteiger partial charge on any atom is -0.384 e. The number of amides is 1. The lowest BCUT2D eigenvalue weighted by atomic mass is 9.96. The summed E-state index contributed by atoms with van der Waals surface area (Å²) >= 11 is 5.79. The zero-order valence-corrected chi connectivity index (χ0v) is 12.2. The van der Waals surface area contributed by atoms with E-state index in [1.165, 1.54) is 18.2 Å². The van der Waals surface area contributed by atoms with Crippen LogP contribution in [0.2, 0.25) is 5.02 Å². The third-order valence-corrected chi connectivity index (χ3v) is 3.43. The highest BCUT2D eigenvalue weighted by atomic mass is 35.5. The molecule has 2 aromatic carbocycles. The summed E-state index contributed by atoms with van der Waals surface area (Å²) in [5, 5.41) is 13.5. The summed E-state index contributed by atoms with van der Waals surface area (Å²) in [7, 11) is 0. The number of aliphatic hydroxyl groups is 1. The normalized spacial score (nSPS) is 13.5. The molecule has 5 heteroatoms. The second-order valence-electron chi connectivity index (χ2n) is 4.94. The Bertz CT molecular complexity index is 641. The van der Waals surface area contributed by atoms with Crippen LogP contribution in [0.3, 0.4) is 0 Å². The zero-order valence-electron chi connectivity index (χ0n) is 11.4. The average molecular weight is 308 g/mol. The first-order chi connectivity index (χ1) is 9.90. The molecule has 0 aliphatic rings. The van der Waals surface area contributed by atoms with Crippen molar-refractivity contribution in [2.24, 2.45) is 0 Å². The van der Waals surface area contributed by atoms with Crippen molar-refractivity contribution in [1.29, 1.82) is 0 Å². The number of carbonyl (C=O) groups excluding carboxylic acids is 1. The average Bonchev–Trinajstić information content (AvgIpc) is 2.46. The van der Waals surface area contributed by atoms with E-state index in [0.29, 0.717) is 10.6 Å². The number of nitrogens with one attached hydrogen (secondary N) is 1. The van der Waals surface area contributed by atoms with Crippen LogP contribution in [0.5, 0.6) is 0 Å². The van der Waals surface area contributed by atoms with Crippen LogP contribution in [-0.4, -0.2) is 17.6 Å². The van der Waals surface area contributed by atoms with Gasteiger partial charge >= 0.3 is 0 Å². The van der Waals surface area contributed by atoms with Gasteiger partial charge in [0.15, 0.2) is 0 Å². The van der Waals surface area contributed by atoms with E-state index in [1.54, 1.807) is 37.3 Å². The molecule has 1 unspecified atom stereocenters. The van der Waals surface area contributed by atoms with Crippen molar-refractivity contribution in [2.75, 3.05) is 6.54 Å². The van der Waals surface area contributed by atoms with E-state index in [4.69, 9.17) is 11.6 Å². The lowest BCUT2D eigenvalue weighted by molar-refractivity contribution is 0.0525. The quantitative estimate of drug-likeness (QED) is 0.912. The van der Waals surface area contributed by atoms with Crippen LogP contribution in [-0.2, 0) is 5.60 Å². The Labute approximate surface area is 127 Å². The summed E-state index contributed by atoms with van der Waals surface area (Å²) in [5.41, 5.74) is -0.712. The van der Waals surface area contributed by atoms with Gasteiger partial charge in [-0.3, -0.25) is 4.79 Å². The van der Waals surface area contributed by atoms with Gasteiger partial charge in [0.05, 0.1) is 12.1 Å². The van der Waals surface area contributed by atoms with E-state index in [0.717, 1.165) is 0 Å². The van der Waals surface area contributed by atoms with Crippen molar-refractivity contribution in [2.45, 2.75) is 12.5 Å². The molecular formula is C16H15ClFNO2. The summed E-state index contributed by atoms with van der Waals surface area (Å²) in [4.78, 5) is 11.9. The number of carbonyl (C=O) groups is 1.